The zero-order valence-electron chi connectivity index (χ0n) is 40.1. The minimum Gasteiger partial charge on any atom is -0.494 e. The Morgan fingerprint density at radius 1 is 0.614 bits per heavy atom. The molecule has 0 radical (unpaired) electrons. The van der Waals surface area contributed by atoms with Crippen molar-refractivity contribution >= 4 is 72.7 Å². The molecule has 10 aromatic rings. The molecular weight excluding hydrogens is 877 g/mol. The van der Waals surface area contributed by atoms with Crippen LogP contribution in [0.15, 0.2) is 109 Å². The van der Waals surface area contributed by atoms with Gasteiger partial charge in [-0.05, 0) is 98.5 Å². The van der Waals surface area contributed by atoms with Gasteiger partial charge in [0, 0.05) is 86.9 Å². The van der Waals surface area contributed by atoms with E-state index in [2.05, 4.69) is 90.4 Å². The number of pyridine rings is 2. The number of carbonyl (C=O) groups is 1. The molecule has 0 bridgehead atoms. The number of ether oxygens (including phenoxy) is 2. The highest BCUT2D eigenvalue weighted by Gasteiger charge is 2.37. The molecule has 12 rings (SSSR count). The average Bonchev–Trinajstić information content (AvgIpc) is 4.14. The lowest BCUT2D eigenvalue weighted by Gasteiger charge is -2.37. The number of anilines is 4. The van der Waals surface area contributed by atoms with E-state index in [-0.39, 0.29) is 17.9 Å². The van der Waals surface area contributed by atoms with Crippen LogP contribution < -0.4 is 30.7 Å². The lowest BCUT2D eigenvalue weighted by atomic mass is 9.92. The summed E-state index contributed by atoms with van der Waals surface area (Å²) < 4.78 is 21.1. The molecule has 0 saturated carbocycles. The number of aromatic nitrogens is 8. The monoisotopic (exact) mass is 930 g/mol. The molecule has 2 aliphatic rings. The zero-order valence-corrected chi connectivity index (χ0v) is 40.1. The van der Waals surface area contributed by atoms with Gasteiger partial charge in [0.1, 0.15) is 44.9 Å². The van der Waals surface area contributed by atoms with Crippen LogP contribution in [0.4, 0.5) is 22.7 Å². The first kappa shape index (κ1) is 43.3. The van der Waals surface area contributed by atoms with Crippen molar-refractivity contribution in [1.82, 2.24) is 38.2 Å². The van der Waals surface area contributed by atoms with E-state index in [4.69, 9.17) is 40.9 Å². The van der Waals surface area contributed by atoms with E-state index in [9.17, 15) is 0 Å². The van der Waals surface area contributed by atoms with Gasteiger partial charge in [-0.3, -0.25) is 4.79 Å². The van der Waals surface area contributed by atoms with E-state index in [0.29, 0.717) is 95.7 Å². The highest BCUT2D eigenvalue weighted by Crippen LogP contribution is 2.49. The fourth-order valence-electron chi connectivity index (χ4n) is 11.4. The van der Waals surface area contributed by atoms with Crippen LogP contribution in [-0.4, -0.2) is 83.4 Å². The number of rotatable bonds is 10. The summed E-state index contributed by atoms with van der Waals surface area (Å²) in [5, 5.41) is 2.01. The Kier molecular flexibility index (Phi) is 10.3. The summed E-state index contributed by atoms with van der Waals surface area (Å²) >= 11 is 0. The summed E-state index contributed by atoms with van der Waals surface area (Å²) in [4.78, 5) is 41.6. The number of fused-ring (bicyclic) bond motifs is 6. The molecule has 0 aliphatic carbocycles. The van der Waals surface area contributed by atoms with E-state index in [0.717, 1.165) is 67.0 Å². The quantitative estimate of drug-likeness (QED) is 0.126. The van der Waals surface area contributed by atoms with Gasteiger partial charge >= 0.3 is 0 Å². The Bertz CT molecular complexity index is 3510. The van der Waals surface area contributed by atoms with Crippen LogP contribution in [0, 0.1) is 0 Å². The molecule has 8 heterocycles. The fourth-order valence-corrected chi connectivity index (χ4v) is 11.4. The number of para-hydroxylation sites is 2. The predicted molar refractivity (Wildman–Crippen MR) is 277 cm³/mol. The summed E-state index contributed by atoms with van der Waals surface area (Å²) in [7, 11) is 7.28. The molecule has 70 heavy (non-hydrogen) atoms. The normalized spacial score (nSPS) is 15.9. The summed E-state index contributed by atoms with van der Waals surface area (Å²) in [6.45, 7) is 6.44. The lowest BCUT2D eigenvalue weighted by Crippen LogP contribution is -2.42. The van der Waals surface area contributed by atoms with Gasteiger partial charge in [-0.15, -0.1) is 0 Å². The van der Waals surface area contributed by atoms with Crippen molar-refractivity contribution in [2.24, 2.45) is 25.6 Å². The summed E-state index contributed by atoms with van der Waals surface area (Å²) in [5.74, 6) is 2.14. The lowest BCUT2D eigenvalue weighted by molar-refractivity contribution is 0.103. The third-order valence-electron chi connectivity index (χ3n) is 14.4. The van der Waals surface area contributed by atoms with Gasteiger partial charge in [0.15, 0.2) is 17.4 Å². The maximum absolute atomic E-state index is 16.6. The van der Waals surface area contributed by atoms with Crippen LogP contribution in [-0.2, 0) is 40.0 Å². The number of imidazole rings is 2. The van der Waals surface area contributed by atoms with Crippen LogP contribution in [0.3, 0.4) is 0 Å². The summed E-state index contributed by atoms with van der Waals surface area (Å²) in [6.07, 6.45) is 5.00. The van der Waals surface area contributed by atoms with Crippen LogP contribution in [0.5, 0.6) is 11.5 Å². The van der Waals surface area contributed by atoms with E-state index in [1.807, 2.05) is 75.0 Å². The standard InChI is InChI=1S/C55H54N12O3/c1-7-64-41(25-33-17-13-21-58-52(33)64)54-60-45-47(66-29-35(56)23-31-15-9-11-19-39(31)66)37(27-43(69-5)49(45)62(54)3)51(68)38-28-44(70-6)50-46(48(38)67-30-36(57)24-32-16-10-12-20-40(32)67)61-55(63(50)4)42-26-34-18-14-22-59-53(34)65(42)8-2/h9-22,25-28,35-36H,7-8,23-24,29-30,56-57H2,1-6H3. The molecule has 2 unspecified atom stereocenters. The molecule has 352 valence electrons. The van der Waals surface area contributed by atoms with Gasteiger partial charge in [-0.2, -0.15) is 0 Å². The van der Waals surface area contributed by atoms with Gasteiger partial charge in [0.2, 0.25) is 0 Å². The van der Waals surface area contributed by atoms with Crippen LogP contribution in [0.25, 0.3) is 67.2 Å². The van der Waals surface area contributed by atoms with Crippen molar-refractivity contribution in [2.45, 2.75) is 51.9 Å². The summed E-state index contributed by atoms with van der Waals surface area (Å²) in [6, 6.07) is 32.1. The van der Waals surface area contributed by atoms with Gasteiger partial charge in [0.25, 0.3) is 0 Å². The number of nitrogens with zero attached hydrogens (tertiary/aromatic N) is 10. The Hall–Kier alpha value is -8.01. The first-order valence-corrected chi connectivity index (χ1v) is 23.9. The Morgan fingerprint density at radius 2 is 1.04 bits per heavy atom. The fraction of sp³-hybridized carbons (Fsp3) is 0.255. The smallest absolute Gasteiger partial charge is 0.197 e. The minimum absolute atomic E-state index is 0.230. The SMILES string of the molecule is CCn1c(-c2nc3c(N4CC(N)Cc5ccccc54)c(C(=O)c4cc(OC)c5c(nc(-c6cc7cccnc7n6CC)n5C)c4N4CC(N)Cc5ccccc54)cc(OC)c3n2C)cc2cccnc21. The predicted octanol–water partition coefficient (Wildman–Crippen LogP) is 8.82. The van der Waals surface area contributed by atoms with Crippen molar-refractivity contribution in [1.29, 1.82) is 0 Å². The van der Waals surface area contributed by atoms with Crippen LogP contribution >= 0.6 is 0 Å². The number of nitrogens with two attached hydrogens (primary N) is 2. The van der Waals surface area contributed by atoms with Crippen LogP contribution in [0.1, 0.15) is 40.9 Å². The first-order chi connectivity index (χ1) is 34.1. The third-order valence-corrected chi connectivity index (χ3v) is 14.4. The minimum atomic E-state index is -0.267. The third kappa shape index (κ3) is 6.44. The number of methoxy groups -OCH3 is 2. The Morgan fingerprint density at radius 3 is 1.46 bits per heavy atom. The maximum atomic E-state index is 16.6. The van der Waals surface area contributed by atoms with Gasteiger partial charge in [0.05, 0.1) is 48.1 Å². The molecule has 0 fully saturated rings. The maximum Gasteiger partial charge on any atom is 0.197 e. The topological polar surface area (TPSA) is 165 Å². The van der Waals surface area contributed by atoms with Crippen molar-refractivity contribution in [3.05, 3.63) is 132 Å². The second-order valence-electron chi connectivity index (χ2n) is 18.4. The highest BCUT2D eigenvalue weighted by molar-refractivity contribution is 6.23. The number of ketones is 1. The van der Waals surface area contributed by atoms with Crippen LogP contribution in [0.2, 0.25) is 0 Å². The van der Waals surface area contributed by atoms with E-state index in [1.54, 1.807) is 14.2 Å². The largest absolute Gasteiger partial charge is 0.494 e. The molecule has 6 aromatic heterocycles. The number of carbonyl (C=O) groups excluding carboxylic acids is 1. The summed E-state index contributed by atoms with van der Waals surface area (Å²) in [5.41, 5.74) is 26.3. The molecule has 0 saturated heterocycles. The highest BCUT2D eigenvalue weighted by atomic mass is 16.5. The molecule has 0 amide bonds. The van der Waals surface area contributed by atoms with Gasteiger partial charge < -0.3 is 49.0 Å². The Labute approximate surface area is 404 Å². The van der Waals surface area contributed by atoms with Crippen molar-refractivity contribution in [3.63, 3.8) is 0 Å². The first-order valence-electron chi connectivity index (χ1n) is 23.9. The number of hydrogen-bond donors (Lipinski definition) is 2. The molecule has 2 aliphatic heterocycles. The van der Waals surface area contributed by atoms with Crippen molar-refractivity contribution in [2.75, 3.05) is 37.1 Å². The van der Waals surface area contributed by atoms with E-state index in [1.165, 1.54) is 0 Å². The van der Waals surface area contributed by atoms with Crippen molar-refractivity contribution < 1.29 is 14.3 Å². The molecule has 0 spiro atoms. The number of hydrogen-bond acceptors (Lipinski definition) is 11. The zero-order chi connectivity index (χ0) is 48.1. The van der Waals surface area contributed by atoms with E-state index < -0.39 is 0 Å². The molecule has 4 aromatic carbocycles. The van der Waals surface area contributed by atoms with E-state index >= 15 is 4.79 Å². The number of benzene rings is 4. The Balaban J connectivity index is 1.18. The molecule has 15 nitrogen and oxygen atoms in total. The second kappa shape index (κ2) is 16.6. The average molecular weight is 931 g/mol. The molecule has 4 N–H and O–H groups in total. The van der Waals surface area contributed by atoms with Gasteiger partial charge in [-0.25, -0.2) is 19.9 Å². The molecule has 15 heteroatoms. The number of aryl methyl sites for hydroxylation is 4. The van der Waals surface area contributed by atoms with Gasteiger partial charge in [-0.1, -0.05) is 36.4 Å². The molecular formula is C55H54N12O3. The molecule has 2 atom stereocenters. The second-order valence-corrected chi connectivity index (χ2v) is 18.4. The van der Waals surface area contributed by atoms with Crippen molar-refractivity contribution in [3.8, 4) is 34.5 Å².